The molecule has 0 atom stereocenters. The summed E-state index contributed by atoms with van der Waals surface area (Å²) in [5.74, 6) is -0.0809. The lowest BCUT2D eigenvalue weighted by molar-refractivity contribution is 0.267. The van der Waals surface area contributed by atoms with Gasteiger partial charge in [0.2, 0.25) is 17.2 Å². The summed E-state index contributed by atoms with van der Waals surface area (Å²) in [6.45, 7) is 1.68. The number of aromatic nitrogens is 3. The van der Waals surface area contributed by atoms with Crippen molar-refractivity contribution >= 4 is 157 Å². The van der Waals surface area contributed by atoms with E-state index in [0.29, 0.717) is 39.8 Å². The third kappa shape index (κ3) is 12.6. The fourth-order valence-electron chi connectivity index (χ4n) is 6.60. The Balaban J connectivity index is 1.21. The van der Waals surface area contributed by atoms with Crippen molar-refractivity contribution in [3.05, 3.63) is 111 Å². The molecule has 7 N–H and O–H groups in total. The predicted octanol–water partition coefficient (Wildman–Crippen LogP) is 10.4. The number of azo groups is 2. The lowest BCUT2D eigenvalue weighted by Crippen LogP contribution is -2.06. The van der Waals surface area contributed by atoms with Crippen molar-refractivity contribution in [3.63, 3.8) is 0 Å². The molecule has 24 nitrogen and oxygen atoms in total. The first-order chi connectivity index (χ1) is 33.3. The van der Waals surface area contributed by atoms with Gasteiger partial charge >= 0.3 is 0 Å². The highest BCUT2D eigenvalue weighted by atomic mass is 79.9. The van der Waals surface area contributed by atoms with Gasteiger partial charge in [-0.05, 0) is 112 Å². The molecule has 0 bridgehead atoms. The lowest BCUT2D eigenvalue weighted by Gasteiger charge is -2.14. The average Bonchev–Trinajstić information content (AvgIpc) is 3.28. The van der Waals surface area contributed by atoms with Gasteiger partial charge in [0.05, 0.1) is 29.1 Å². The number of fused-ring (bicyclic) bond motifs is 2. The zero-order valence-corrected chi connectivity index (χ0v) is 42.9. The van der Waals surface area contributed by atoms with E-state index in [-0.39, 0.29) is 63.2 Å². The van der Waals surface area contributed by atoms with E-state index >= 15 is 0 Å². The van der Waals surface area contributed by atoms with E-state index in [1.807, 2.05) is 0 Å². The molecule has 0 aliphatic rings. The summed E-state index contributed by atoms with van der Waals surface area (Å²) in [5.41, 5.74) is 1.23. The van der Waals surface area contributed by atoms with Gasteiger partial charge in [0.1, 0.15) is 31.8 Å². The first-order valence-corrected chi connectivity index (χ1v) is 27.1. The van der Waals surface area contributed by atoms with Gasteiger partial charge in [-0.1, -0.05) is 34.1 Å². The Kier molecular flexibility index (Phi) is 15.4. The molecular formula is C40H31Br2ClN10O14S4. The summed E-state index contributed by atoms with van der Waals surface area (Å²) in [4.78, 5) is 10.7. The van der Waals surface area contributed by atoms with E-state index in [2.05, 4.69) is 83.2 Å². The van der Waals surface area contributed by atoms with Gasteiger partial charge < -0.3 is 25.4 Å². The van der Waals surface area contributed by atoms with Crippen molar-refractivity contribution in [1.29, 1.82) is 0 Å². The number of hydrogen-bond acceptors (Lipinski definition) is 20. The number of hydrogen-bond donors (Lipinski definition) is 7. The molecule has 31 heteroatoms. The summed E-state index contributed by atoms with van der Waals surface area (Å²) in [6.07, 6.45) is 0. The number of rotatable bonds is 17. The van der Waals surface area contributed by atoms with E-state index in [0.717, 1.165) is 6.07 Å². The standard InChI is InChI=1S/C40H31Br2ClN10O14S4/c1-20-11-30(32(66-2)17-29(20)51-53-31-16-26-21(13-35(31)71(63,64)65)12-24(68(54,55)56)15-34(26)70(60,61)62)52-50-27-9-10-28(37-25(27)7-4-8-33(37)69(57,58)59)46-40-48-38(43)47-39(49-40)45-23-6-3-5-22(14-23)44-19-67-36(42)18-41/h3-18,44H,19H2,1-2H3,(H,54,55,56)(H,57,58,59)(H,60,61,62)(H,63,64,65)(H2,45,46,47,48,49)/b36-18+,52-50?,53-51?. The number of aryl methyl sites for hydroxylation is 1. The molecule has 0 unspecified atom stereocenters. The highest BCUT2D eigenvalue weighted by Crippen LogP contribution is 2.42. The first kappa shape index (κ1) is 52.5. The number of benzene rings is 6. The first-order valence-electron chi connectivity index (χ1n) is 19.3. The molecule has 7 rings (SSSR count). The van der Waals surface area contributed by atoms with E-state index < -0.39 is 76.5 Å². The topological polar surface area (TPSA) is 360 Å². The molecule has 0 amide bonds. The number of ether oxygens (including phenoxy) is 2. The molecule has 71 heavy (non-hydrogen) atoms. The number of anilines is 5. The SMILES string of the molecule is COc1cc(N=Nc2cc3c(S(=O)(=O)O)cc(S(=O)(=O)O)cc3cc2S(=O)(=O)O)c(C)cc1N=Nc1ccc(Nc2nc(Cl)nc(Nc3cccc(NCO/C(Br)=C/Br)c3)n2)c2c(S(=O)(=O)O)cccc12. The molecule has 0 aliphatic carbocycles. The number of nitrogens with one attached hydrogen (secondary N) is 3. The summed E-state index contributed by atoms with van der Waals surface area (Å²) < 4.78 is 150. The Hall–Kier alpha value is -6.32. The predicted molar refractivity (Wildman–Crippen MR) is 267 cm³/mol. The fraction of sp³-hybridized carbons (Fsp3) is 0.0750. The zero-order valence-electron chi connectivity index (χ0n) is 35.7. The lowest BCUT2D eigenvalue weighted by atomic mass is 10.1. The van der Waals surface area contributed by atoms with Crippen LogP contribution in [0.1, 0.15) is 5.56 Å². The van der Waals surface area contributed by atoms with Gasteiger partial charge in [-0.15, -0.1) is 15.3 Å². The third-order valence-electron chi connectivity index (χ3n) is 9.65. The fourth-order valence-corrected chi connectivity index (χ4v) is 9.72. The van der Waals surface area contributed by atoms with E-state index in [1.165, 1.54) is 49.6 Å². The molecule has 6 aromatic carbocycles. The van der Waals surface area contributed by atoms with Crippen LogP contribution in [0.25, 0.3) is 21.5 Å². The van der Waals surface area contributed by atoms with E-state index in [9.17, 15) is 51.9 Å². The maximum Gasteiger partial charge on any atom is 0.296 e. The molecule has 0 fully saturated rings. The van der Waals surface area contributed by atoms with Crippen molar-refractivity contribution in [2.24, 2.45) is 20.5 Å². The number of nitrogens with zero attached hydrogens (tertiary/aromatic N) is 7. The van der Waals surface area contributed by atoms with Crippen LogP contribution in [-0.2, 0) is 45.2 Å². The maximum absolute atomic E-state index is 12.8. The molecule has 7 aromatic rings. The quantitative estimate of drug-likeness (QED) is 0.0193. The van der Waals surface area contributed by atoms with Crippen LogP contribution in [-0.4, -0.2) is 80.7 Å². The molecule has 0 saturated heterocycles. The minimum absolute atomic E-state index is 0.0114. The van der Waals surface area contributed by atoms with Crippen molar-refractivity contribution in [1.82, 2.24) is 15.0 Å². The summed E-state index contributed by atoms with van der Waals surface area (Å²) in [5, 5.41) is 24.7. The molecule has 0 radical (unpaired) electrons. The van der Waals surface area contributed by atoms with Crippen molar-refractivity contribution in [2.75, 3.05) is 29.8 Å². The number of halogens is 3. The van der Waals surface area contributed by atoms with Gasteiger partial charge in [-0.3, -0.25) is 18.2 Å². The second-order valence-electron chi connectivity index (χ2n) is 14.3. The highest BCUT2D eigenvalue weighted by molar-refractivity contribution is 9.13. The smallest absolute Gasteiger partial charge is 0.296 e. The average molecular weight is 1200 g/mol. The summed E-state index contributed by atoms with van der Waals surface area (Å²) in [6, 6.07) is 19.4. The monoisotopic (exact) mass is 1200 g/mol. The summed E-state index contributed by atoms with van der Waals surface area (Å²) >= 11 is 12.7. The van der Waals surface area contributed by atoms with Crippen LogP contribution in [0.15, 0.2) is 141 Å². The van der Waals surface area contributed by atoms with E-state index in [4.69, 9.17) is 21.1 Å². The Morgan fingerprint density at radius 3 is 1.96 bits per heavy atom. The second kappa shape index (κ2) is 20.8. The van der Waals surface area contributed by atoms with Crippen LogP contribution in [0, 0.1) is 6.92 Å². The second-order valence-corrected chi connectivity index (χ2v) is 21.5. The van der Waals surface area contributed by atoms with Gasteiger partial charge in [-0.25, -0.2) is 0 Å². The Morgan fingerprint density at radius 2 is 1.30 bits per heavy atom. The Bertz CT molecular complexity index is 3870. The third-order valence-corrected chi connectivity index (χ3v) is 14.8. The zero-order chi connectivity index (χ0) is 51.6. The molecular weight excluding hydrogens is 1170 g/mol. The Labute approximate surface area is 424 Å². The van der Waals surface area contributed by atoms with Crippen molar-refractivity contribution in [3.8, 4) is 5.75 Å². The molecule has 0 aliphatic heterocycles. The highest BCUT2D eigenvalue weighted by Gasteiger charge is 2.25. The minimum atomic E-state index is -5.20. The van der Waals surface area contributed by atoms with Gasteiger partial charge in [0.15, 0.2) is 11.4 Å². The molecule has 0 saturated carbocycles. The van der Waals surface area contributed by atoms with Crippen LogP contribution in [0.5, 0.6) is 5.75 Å². The molecule has 1 heterocycles. The maximum atomic E-state index is 12.8. The van der Waals surface area contributed by atoms with Gasteiger partial charge in [-0.2, -0.15) is 53.7 Å². The van der Waals surface area contributed by atoms with Crippen LogP contribution >= 0.6 is 43.5 Å². The molecule has 0 spiro atoms. The van der Waals surface area contributed by atoms with Crippen molar-refractivity contribution in [2.45, 2.75) is 26.5 Å². The van der Waals surface area contributed by atoms with Gasteiger partial charge in [0, 0.05) is 38.6 Å². The minimum Gasteiger partial charge on any atom is -0.494 e. The molecule has 370 valence electrons. The van der Waals surface area contributed by atoms with Gasteiger partial charge in [0.25, 0.3) is 40.5 Å². The largest absolute Gasteiger partial charge is 0.494 e. The van der Waals surface area contributed by atoms with Crippen LogP contribution < -0.4 is 20.7 Å². The van der Waals surface area contributed by atoms with Crippen LogP contribution in [0.4, 0.5) is 51.7 Å². The number of methoxy groups -OCH3 is 1. The van der Waals surface area contributed by atoms with Crippen LogP contribution in [0.3, 0.4) is 0 Å². The van der Waals surface area contributed by atoms with Crippen LogP contribution in [0.2, 0.25) is 5.28 Å². The van der Waals surface area contributed by atoms with E-state index in [1.54, 1.807) is 36.2 Å². The van der Waals surface area contributed by atoms with Crippen molar-refractivity contribution < 1.29 is 61.4 Å². The molecule has 1 aromatic heterocycles. The normalized spacial score (nSPS) is 12.8. The Morgan fingerprint density at radius 1 is 0.662 bits per heavy atom. The summed E-state index contributed by atoms with van der Waals surface area (Å²) in [7, 11) is -19.0.